The van der Waals surface area contributed by atoms with Crippen molar-refractivity contribution in [2.75, 3.05) is 0 Å². The van der Waals surface area contributed by atoms with Gasteiger partial charge >= 0.3 is 0 Å². The largest absolute Gasteiger partial charge is 0.465 e. The molecule has 0 aliphatic rings. The first-order valence-corrected chi connectivity index (χ1v) is 4.87. The Morgan fingerprint density at radius 3 is 2.87 bits per heavy atom. The molecule has 0 saturated carbocycles. The molecule has 2 aromatic rings. The zero-order valence-electron chi connectivity index (χ0n) is 7.44. The molecular weight excluding hydrogens is 266 g/mol. The van der Waals surface area contributed by atoms with Gasteiger partial charge in [-0.3, -0.25) is 10.1 Å². The lowest BCUT2D eigenvalue weighted by atomic mass is 10.1. The van der Waals surface area contributed by atoms with Gasteiger partial charge in [-0.2, -0.15) is 0 Å². The fraction of sp³-hybridized carbons (Fsp3) is 0.111. The van der Waals surface area contributed by atoms with Crippen molar-refractivity contribution in [1.82, 2.24) is 0 Å². The molecular formula is C9H6BrNO4. The molecule has 15 heavy (non-hydrogen) atoms. The quantitative estimate of drug-likeness (QED) is 0.673. The zero-order chi connectivity index (χ0) is 11.0. The van der Waals surface area contributed by atoms with E-state index in [2.05, 4.69) is 15.9 Å². The number of aliphatic hydroxyl groups is 1. The van der Waals surface area contributed by atoms with Crippen LogP contribution in [0.4, 0.5) is 5.69 Å². The molecule has 0 radical (unpaired) electrons. The van der Waals surface area contributed by atoms with E-state index in [1.54, 1.807) is 6.07 Å². The van der Waals surface area contributed by atoms with Gasteiger partial charge in [0, 0.05) is 15.9 Å². The highest BCUT2D eigenvalue weighted by Crippen LogP contribution is 2.33. The van der Waals surface area contributed by atoms with Crippen molar-refractivity contribution in [3.05, 3.63) is 38.7 Å². The van der Waals surface area contributed by atoms with Gasteiger partial charge in [0.25, 0.3) is 5.69 Å². The lowest BCUT2D eigenvalue weighted by Crippen LogP contribution is -1.91. The Bertz CT molecular complexity index is 534. The van der Waals surface area contributed by atoms with Crippen LogP contribution in [0.3, 0.4) is 0 Å². The minimum Gasteiger partial charge on any atom is -0.465 e. The lowest BCUT2D eigenvalue weighted by Gasteiger charge is -1.96. The number of benzene rings is 1. The van der Waals surface area contributed by atoms with Crippen LogP contribution in [0.25, 0.3) is 10.8 Å². The maximum Gasteiger partial charge on any atom is 0.281 e. The SMILES string of the molecule is O=[N+]([O-])c1cc(Br)cc2coc(CO)c12. The van der Waals surface area contributed by atoms with E-state index in [0.717, 1.165) is 0 Å². The third kappa shape index (κ3) is 1.62. The van der Waals surface area contributed by atoms with Crippen LogP contribution >= 0.6 is 15.9 Å². The van der Waals surface area contributed by atoms with E-state index in [1.807, 2.05) is 0 Å². The number of nitrogens with zero attached hydrogens (tertiary/aromatic N) is 1. The van der Waals surface area contributed by atoms with Crippen molar-refractivity contribution in [3.8, 4) is 0 Å². The number of aliphatic hydroxyl groups excluding tert-OH is 1. The zero-order valence-corrected chi connectivity index (χ0v) is 9.02. The number of non-ortho nitro benzene ring substituents is 1. The summed E-state index contributed by atoms with van der Waals surface area (Å²) in [7, 11) is 0. The van der Waals surface area contributed by atoms with Crippen molar-refractivity contribution in [2.45, 2.75) is 6.61 Å². The van der Waals surface area contributed by atoms with Crippen LogP contribution in [0.5, 0.6) is 0 Å². The summed E-state index contributed by atoms with van der Waals surface area (Å²) in [4.78, 5) is 10.3. The average Bonchev–Trinajstić information content (AvgIpc) is 2.58. The van der Waals surface area contributed by atoms with E-state index in [0.29, 0.717) is 15.2 Å². The first-order chi connectivity index (χ1) is 7.13. The summed E-state index contributed by atoms with van der Waals surface area (Å²) >= 11 is 3.17. The van der Waals surface area contributed by atoms with E-state index in [1.165, 1.54) is 12.3 Å². The first-order valence-electron chi connectivity index (χ1n) is 4.08. The summed E-state index contributed by atoms with van der Waals surface area (Å²) in [6.45, 7) is -0.355. The summed E-state index contributed by atoms with van der Waals surface area (Å²) in [6.07, 6.45) is 1.39. The van der Waals surface area contributed by atoms with Gasteiger partial charge in [0.1, 0.15) is 17.8 Å². The van der Waals surface area contributed by atoms with Gasteiger partial charge < -0.3 is 9.52 Å². The molecule has 0 unspecified atom stereocenters. The van der Waals surface area contributed by atoms with Crippen molar-refractivity contribution in [3.63, 3.8) is 0 Å². The summed E-state index contributed by atoms with van der Waals surface area (Å²) < 4.78 is 5.64. The number of furan rings is 1. The molecule has 1 heterocycles. The molecule has 1 aromatic heterocycles. The fourth-order valence-corrected chi connectivity index (χ4v) is 1.93. The predicted octanol–water partition coefficient (Wildman–Crippen LogP) is 2.60. The van der Waals surface area contributed by atoms with Gasteiger partial charge in [-0.05, 0) is 6.07 Å². The second-order valence-electron chi connectivity index (χ2n) is 2.96. The maximum atomic E-state index is 10.8. The van der Waals surface area contributed by atoms with Gasteiger partial charge in [-0.1, -0.05) is 15.9 Å². The number of rotatable bonds is 2. The van der Waals surface area contributed by atoms with E-state index < -0.39 is 4.92 Å². The Morgan fingerprint density at radius 1 is 1.53 bits per heavy atom. The standard InChI is InChI=1S/C9H6BrNO4/c10-6-1-5-4-15-8(3-12)9(5)7(2-6)11(13)14/h1-2,4,12H,3H2. The lowest BCUT2D eigenvalue weighted by molar-refractivity contribution is -0.383. The van der Waals surface area contributed by atoms with Crippen LogP contribution in [0.2, 0.25) is 0 Å². The summed E-state index contributed by atoms with van der Waals surface area (Å²) in [5, 5.41) is 20.7. The molecule has 5 nitrogen and oxygen atoms in total. The molecule has 6 heteroatoms. The highest BCUT2D eigenvalue weighted by Gasteiger charge is 2.19. The van der Waals surface area contributed by atoms with Crippen LogP contribution in [-0.2, 0) is 6.61 Å². The number of hydrogen-bond donors (Lipinski definition) is 1. The van der Waals surface area contributed by atoms with Gasteiger partial charge in [0.2, 0.25) is 0 Å². The third-order valence-electron chi connectivity index (χ3n) is 2.06. The average molecular weight is 272 g/mol. The fourth-order valence-electron chi connectivity index (χ4n) is 1.46. The minimum absolute atomic E-state index is 0.0721. The van der Waals surface area contributed by atoms with Crippen molar-refractivity contribution in [2.24, 2.45) is 0 Å². The molecule has 1 N–H and O–H groups in total. The monoisotopic (exact) mass is 271 g/mol. The Hall–Kier alpha value is -1.40. The van der Waals surface area contributed by atoms with E-state index >= 15 is 0 Å². The molecule has 2 rings (SSSR count). The molecule has 0 aliphatic heterocycles. The minimum atomic E-state index is -0.498. The number of nitro groups is 1. The van der Waals surface area contributed by atoms with Crippen LogP contribution < -0.4 is 0 Å². The molecule has 78 valence electrons. The predicted molar refractivity (Wildman–Crippen MR) is 56.5 cm³/mol. The van der Waals surface area contributed by atoms with Crippen LogP contribution in [0.15, 0.2) is 27.3 Å². The van der Waals surface area contributed by atoms with Gasteiger partial charge in [0.15, 0.2) is 0 Å². The maximum absolute atomic E-state index is 10.8. The number of nitro benzene ring substituents is 1. The van der Waals surface area contributed by atoms with Gasteiger partial charge in [-0.25, -0.2) is 0 Å². The second kappa shape index (κ2) is 3.63. The number of hydrogen-bond acceptors (Lipinski definition) is 4. The molecule has 0 aliphatic carbocycles. The van der Waals surface area contributed by atoms with Gasteiger partial charge in [0.05, 0.1) is 11.2 Å². The molecule has 0 amide bonds. The topological polar surface area (TPSA) is 76.5 Å². The van der Waals surface area contributed by atoms with E-state index in [4.69, 9.17) is 9.52 Å². The highest BCUT2D eigenvalue weighted by atomic mass is 79.9. The van der Waals surface area contributed by atoms with Crippen LogP contribution in [0.1, 0.15) is 5.76 Å². The Morgan fingerprint density at radius 2 is 2.27 bits per heavy atom. The Kier molecular flexibility index (Phi) is 2.45. The normalized spacial score (nSPS) is 10.8. The summed E-state index contributed by atoms with van der Waals surface area (Å²) in [6, 6.07) is 3.09. The smallest absolute Gasteiger partial charge is 0.281 e. The highest BCUT2D eigenvalue weighted by molar-refractivity contribution is 9.10. The number of halogens is 1. The molecule has 0 bridgehead atoms. The van der Waals surface area contributed by atoms with E-state index in [9.17, 15) is 10.1 Å². The number of fused-ring (bicyclic) bond motifs is 1. The Labute approximate surface area is 92.6 Å². The van der Waals surface area contributed by atoms with E-state index in [-0.39, 0.29) is 18.1 Å². The van der Waals surface area contributed by atoms with Gasteiger partial charge in [-0.15, -0.1) is 0 Å². The van der Waals surface area contributed by atoms with Crippen molar-refractivity contribution < 1.29 is 14.4 Å². The van der Waals surface area contributed by atoms with Crippen LogP contribution in [-0.4, -0.2) is 10.0 Å². The molecule has 0 saturated heterocycles. The van der Waals surface area contributed by atoms with Crippen molar-refractivity contribution in [1.29, 1.82) is 0 Å². The third-order valence-corrected chi connectivity index (χ3v) is 2.52. The molecule has 1 aromatic carbocycles. The molecule has 0 fully saturated rings. The summed E-state index contributed by atoms with van der Waals surface area (Å²) in [5.41, 5.74) is -0.0721. The van der Waals surface area contributed by atoms with Crippen molar-refractivity contribution >= 4 is 32.4 Å². The van der Waals surface area contributed by atoms with Crippen LogP contribution in [0, 0.1) is 10.1 Å². The Balaban J connectivity index is 2.85. The summed E-state index contributed by atoms with van der Waals surface area (Å²) in [5.74, 6) is 0.212. The molecule has 0 spiro atoms. The second-order valence-corrected chi connectivity index (χ2v) is 3.88. The first kappa shape index (κ1) is 10.1. The molecule has 0 atom stereocenters.